The zero-order valence-corrected chi connectivity index (χ0v) is 30.9. The minimum atomic E-state index is -0.543. The van der Waals surface area contributed by atoms with Gasteiger partial charge in [-0.1, -0.05) is 80.2 Å². The highest BCUT2D eigenvalue weighted by atomic mass is 16.6. The summed E-state index contributed by atoms with van der Waals surface area (Å²) in [5, 5.41) is 0. The zero-order valence-electron chi connectivity index (χ0n) is 30.9. The van der Waals surface area contributed by atoms with Gasteiger partial charge in [-0.2, -0.15) is 0 Å². The molecule has 0 spiro atoms. The maximum atomic E-state index is 13.3. The number of carbonyl (C=O) groups excluding carboxylic acids is 3. The van der Waals surface area contributed by atoms with Crippen LogP contribution in [-0.2, 0) is 19.1 Å². The van der Waals surface area contributed by atoms with E-state index in [0.29, 0.717) is 41.8 Å². The summed E-state index contributed by atoms with van der Waals surface area (Å²) in [4.78, 5) is 37.3. The molecule has 2 aromatic carbocycles. The lowest BCUT2D eigenvalue weighted by atomic mass is 9.59. The summed E-state index contributed by atoms with van der Waals surface area (Å²) in [6.45, 7) is 18.5. The van der Waals surface area contributed by atoms with Gasteiger partial charge >= 0.3 is 17.9 Å². The summed E-state index contributed by atoms with van der Waals surface area (Å²) in [7, 11) is 2.78. The van der Waals surface area contributed by atoms with Gasteiger partial charge in [0.05, 0.1) is 38.4 Å². The van der Waals surface area contributed by atoms with Crippen molar-refractivity contribution in [3.63, 3.8) is 0 Å². The Morgan fingerprint density at radius 1 is 0.771 bits per heavy atom. The van der Waals surface area contributed by atoms with Crippen LogP contribution < -0.4 is 14.2 Å². The standard InChI is InChI=1S/C40H58O8/c1-29(2)39(6,7)28-40(8,38(3,4)5)37(43)47-26-16-14-12-11-13-15-25-46-32-21-19-31(20-22-32)36(42)48-33-23-17-30(27-34(33)44-9)18-24-35(41)45-10/h17-24,27,29H,11-16,25-26,28H2,1-10H3/b24-18+. The van der Waals surface area contributed by atoms with Gasteiger partial charge in [0, 0.05) is 6.08 Å². The fourth-order valence-corrected chi connectivity index (χ4v) is 5.13. The number of hydrogen-bond acceptors (Lipinski definition) is 8. The van der Waals surface area contributed by atoms with E-state index in [1.165, 1.54) is 20.3 Å². The highest BCUT2D eigenvalue weighted by molar-refractivity contribution is 5.91. The molecule has 0 radical (unpaired) electrons. The zero-order chi connectivity index (χ0) is 36.0. The second-order valence-corrected chi connectivity index (χ2v) is 14.7. The molecule has 0 aromatic heterocycles. The average Bonchev–Trinajstić information content (AvgIpc) is 3.04. The lowest BCUT2D eigenvalue weighted by Gasteiger charge is -2.45. The van der Waals surface area contributed by atoms with Crippen LogP contribution in [0, 0.1) is 22.2 Å². The number of esters is 3. The SMILES string of the molecule is COC(=O)/C=C/c1ccc(OC(=O)c2ccc(OCCCCCCCCOC(=O)C(C)(CC(C)(C)C(C)C)C(C)(C)C)cc2)c(OC)c1. The van der Waals surface area contributed by atoms with Gasteiger partial charge in [0.1, 0.15) is 5.75 Å². The van der Waals surface area contributed by atoms with Crippen molar-refractivity contribution < 1.29 is 38.1 Å². The Labute approximate surface area is 288 Å². The molecule has 2 aromatic rings. The number of carbonyl (C=O) groups is 3. The maximum Gasteiger partial charge on any atom is 0.343 e. The van der Waals surface area contributed by atoms with Crippen LogP contribution in [0.3, 0.4) is 0 Å². The molecule has 266 valence electrons. The molecule has 0 heterocycles. The summed E-state index contributed by atoms with van der Waals surface area (Å²) in [6, 6.07) is 11.8. The second kappa shape index (κ2) is 18.7. The number of ether oxygens (including phenoxy) is 5. The van der Waals surface area contributed by atoms with Crippen LogP contribution in [0.1, 0.15) is 116 Å². The fraction of sp³-hybridized carbons (Fsp3) is 0.575. The Morgan fingerprint density at radius 2 is 1.38 bits per heavy atom. The maximum absolute atomic E-state index is 13.3. The van der Waals surface area contributed by atoms with E-state index in [-0.39, 0.29) is 22.5 Å². The highest BCUT2D eigenvalue weighted by Gasteiger charge is 2.49. The predicted octanol–water partition coefficient (Wildman–Crippen LogP) is 9.49. The van der Waals surface area contributed by atoms with Crippen molar-refractivity contribution in [2.24, 2.45) is 22.2 Å². The Bertz CT molecular complexity index is 1350. The molecule has 0 saturated carbocycles. The van der Waals surface area contributed by atoms with Crippen molar-refractivity contribution in [1.82, 2.24) is 0 Å². The van der Waals surface area contributed by atoms with Gasteiger partial charge in [0.25, 0.3) is 0 Å². The molecule has 0 aliphatic rings. The van der Waals surface area contributed by atoms with Gasteiger partial charge in [-0.3, -0.25) is 4.79 Å². The third kappa shape index (κ3) is 12.3. The second-order valence-electron chi connectivity index (χ2n) is 14.7. The quantitative estimate of drug-likeness (QED) is 0.0633. The Kier molecular flexibility index (Phi) is 15.7. The Hall–Kier alpha value is -3.81. The first-order valence-electron chi connectivity index (χ1n) is 17.1. The molecule has 48 heavy (non-hydrogen) atoms. The van der Waals surface area contributed by atoms with Gasteiger partial charge in [0.2, 0.25) is 0 Å². The molecule has 0 aliphatic heterocycles. The monoisotopic (exact) mass is 666 g/mol. The van der Waals surface area contributed by atoms with Crippen LogP contribution >= 0.6 is 0 Å². The molecule has 1 unspecified atom stereocenters. The van der Waals surface area contributed by atoms with E-state index in [1.54, 1.807) is 48.5 Å². The lowest BCUT2D eigenvalue weighted by Crippen LogP contribution is -2.45. The normalized spacial score (nSPS) is 13.2. The molecular weight excluding hydrogens is 608 g/mol. The lowest BCUT2D eigenvalue weighted by molar-refractivity contribution is -0.165. The van der Waals surface area contributed by atoms with Crippen LogP contribution in [0.2, 0.25) is 0 Å². The number of benzene rings is 2. The molecule has 2 rings (SSSR count). The summed E-state index contributed by atoms with van der Waals surface area (Å²) in [6.07, 6.45) is 9.73. The van der Waals surface area contributed by atoms with Gasteiger partial charge in [-0.05, 0) is 91.0 Å². The topological polar surface area (TPSA) is 97.4 Å². The van der Waals surface area contributed by atoms with Crippen LogP contribution in [0.15, 0.2) is 48.5 Å². The van der Waals surface area contributed by atoms with Crippen LogP contribution in [-0.4, -0.2) is 45.3 Å². The summed E-state index contributed by atoms with van der Waals surface area (Å²) >= 11 is 0. The predicted molar refractivity (Wildman–Crippen MR) is 190 cm³/mol. The van der Waals surface area contributed by atoms with E-state index in [4.69, 9.17) is 18.9 Å². The molecule has 0 N–H and O–H groups in total. The van der Waals surface area contributed by atoms with Crippen molar-refractivity contribution in [2.45, 2.75) is 100 Å². The molecule has 0 aliphatic carbocycles. The fourth-order valence-electron chi connectivity index (χ4n) is 5.13. The third-order valence-corrected chi connectivity index (χ3v) is 9.61. The number of rotatable bonds is 19. The first-order valence-corrected chi connectivity index (χ1v) is 17.1. The summed E-state index contributed by atoms with van der Waals surface area (Å²) < 4.78 is 27.2. The number of hydrogen-bond donors (Lipinski definition) is 0. The molecule has 0 fully saturated rings. The number of unbranched alkanes of at least 4 members (excludes halogenated alkanes) is 5. The molecule has 0 saturated heterocycles. The summed E-state index contributed by atoms with van der Waals surface area (Å²) in [5.41, 5.74) is 0.381. The molecular formula is C40H58O8. The molecule has 0 amide bonds. The first kappa shape index (κ1) is 40.4. The van der Waals surface area contributed by atoms with Gasteiger partial charge in [0.15, 0.2) is 11.5 Å². The third-order valence-electron chi connectivity index (χ3n) is 9.61. The highest BCUT2D eigenvalue weighted by Crippen LogP contribution is 2.49. The van der Waals surface area contributed by atoms with Crippen molar-refractivity contribution in [1.29, 1.82) is 0 Å². The first-order chi connectivity index (χ1) is 22.5. The summed E-state index contributed by atoms with van der Waals surface area (Å²) in [5.74, 6) is 0.714. The Balaban J connectivity index is 1.69. The van der Waals surface area contributed by atoms with Crippen LogP contribution in [0.4, 0.5) is 0 Å². The molecule has 1 atom stereocenters. The van der Waals surface area contributed by atoms with Crippen LogP contribution in [0.5, 0.6) is 17.2 Å². The van der Waals surface area contributed by atoms with E-state index in [9.17, 15) is 14.4 Å². The van der Waals surface area contributed by atoms with E-state index < -0.39 is 17.4 Å². The largest absolute Gasteiger partial charge is 0.494 e. The number of methoxy groups -OCH3 is 2. The minimum Gasteiger partial charge on any atom is -0.494 e. The van der Waals surface area contributed by atoms with E-state index in [1.807, 2.05) is 0 Å². The van der Waals surface area contributed by atoms with Crippen molar-refractivity contribution in [2.75, 3.05) is 27.4 Å². The molecule has 8 heteroatoms. The van der Waals surface area contributed by atoms with E-state index in [0.717, 1.165) is 44.9 Å². The van der Waals surface area contributed by atoms with Crippen molar-refractivity contribution >= 4 is 24.0 Å². The smallest absolute Gasteiger partial charge is 0.343 e. The van der Waals surface area contributed by atoms with Gasteiger partial charge in [-0.15, -0.1) is 0 Å². The van der Waals surface area contributed by atoms with Crippen molar-refractivity contribution in [3.05, 3.63) is 59.7 Å². The van der Waals surface area contributed by atoms with Gasteiger partial charge in [-0.25, -0.2) is 9.59 Å². The average molecular weight is 667 g/mol. The molecule has 8 nitrogen and oxygen atoms in total. The Morgan fingerprint density at radius 3 is 1.94 bits per heavy atom. The minimum absolute atomic E-state index is 0.0420. The van der Waals surface area contributed by atoms with Crippen LogP contribution in [0.25, 0.3) is 6.08 Å². The molecule has 0 bridgehead atoms. The van der Waals surface area contributed by atoms with Gasteiger partial charge < -0.3 is 23.7 Å². The van der Waals surface area contributed by atoms with E-state index >= 15 is 0 Å². The van der Waals surface area contributed by atoms with E-state index in [2.05, 4.69) is 60.1 Å². The van der Waals surface area contributed by atoms with Crippen molar-refractivity contribution in [3.8, 4) is 17.2 Å².